The van der Waals surface area contributed by atoms with Crippen molar-refractivity contribution in [2.24, 2.45) is 0 Å². The molecule has 0 aliphatic carbocycles. The van der Waals surface area contributed by atoms with E-state index in [4.69, 9.17) is 0 Å². The lowest BCUT2D eigenvalue weighted by molar-refractivity contribution is -0.158. The van der Waals surface area contributed by atoms with Crippen LogP contribution in [0, 0.1) is 6.92 Å². The molecule has 0 atom stereocenters. The number of hydrogen-bond donors (Lipinski definition) is 0. The third-order valence-corrected chi connectivity index (χ3v) is 7.34. The maximum absolute atomic E-state index is 12.6. The van der Waals surface area contributed by atoms with Crippen LogP contribution < -0.4 is 0 Å². The van der Waals surface area contributed by atoms with Gasteiger partial charge in [-0.25, -0.2) is 12.7 Å². The second kappa shape index (κ2) is 7.98. The number of aryl methyl sites for hydroxylation is 1. The molecule has 2 amide bonds. The number of sulfonamides is 1. The number of amides is 2. The van der Waals surface area contributed by atoms with Crippen LogP contribution in [0.25, 0.3) is 0 Å². The molecule has 0 unspecified atom stereocenters. The number of benzene rings is 1. The van der Waals surface area contributed by atoms with E-state index in [1.807, 2.05) is 31.2 Å². The van der Waals surface area contributed by atoms with Gasteiger partial charge in [0.15, 0.2) is 0 Å². The highest BCUT2D eigenvalue weighted by Gasteiger charge is 2.38. The van der Waals surface area contributed by atoms with E-state index in [0.29, 0.717) is 45.6 Å². The van der Waals surface area contributed by atoms with Crippen LogP contribution in [-0.4, -0.2) is 72.3 Å². The van der Waals surface area contributed by atoms with Crippen molar-refractivity contribution in [1.82, 2.24) is 14.1 Å². The van der Waals surface area contributed by atoms with Crippen LogP contribution >= 0.6 is 0 Å². The average Bonchev–Trinajstić information content (AvgIpc) is 2.67. The van der Waals surface area contributed by atoms with E-state index < -0.39 is 21.8 Å². The Morgan fingerprint density at radius 3 is 2.19 bits per heavy atom. The van der Waals surface area contributed by atoms with E-state index in [1.54, 1.807) is 16.7 Å². The van der Waals surface area contributed by atoms with E-state index in [-0.39, 0.29) is 11.8 Å². The zero-order valence-electron chi connectivity index (χ0n) is 15.9. The van der Waals surface area contributed by atoms with Crippen molar-refractivity contribution in [3.63, 3.8) is 0 Å². The smallest absolute Gasteiger partial charge is 0.312 e. The maximum Gasteiger partial charge on any atom is 0.312 e. The number of nitrogens with zero attached hydrogens (tertiary/aromatic N) is 3. The molecule has 7 nitrogen and oxygen atoms in total. The summed E-state index contributed by atoms with van der Waals surface area (Å²) in [6, 6.07) is 7.88. The minimum atomic E-state index is -3.19. The van der Waals surface area contributed by atoms with Gasteiger partial charge in [0, 0.05) is 38.8 Å². The lowest BCUT2D eigenvalue weighted by atomic mass is 10.0. The van der Waals surface area contributed by atoms with Crippen LogP contribution in [0.5, 0.6) is 0 Å². The van der Waals surface area contributed by atoms with Gasteiger partial charge >= 0.3 is 11.8 Å². The predicted molar refractivity (Wildman–Crippen MR) is 102 cm³/mol. The van der Waals surface area contributed by atoms with Gasteiger partial charge in [0.1, 0.15) is 0 Å². The van der Waals surface area contributed by atoms with Gasteiger partial charge in [0.2, 0.25) is 10.0 Å². The summed E-state index contributed by atoms with van der Waals surface area (Å²) in [4.78, 5) is 28.4. The van der Waals surface area contributed by atoms with Gasteiger partial charge in [-0.15, -0.1) is 0 Å². The summed E-state index contributed by atoms with van der Waals surface area (Å²) in [5, 5.41) is 0. The third kappa shape index (κ3) is 4.32. The minimum absolute atomic E-state index is 0.0636. The highest BCUT2D eigenvalue weighted by molar-refractivity contribution is 7.89. The Balaban J connectivity index is 1.59. The zero-order chi connectivity index (χ0) is 19.6. The molecule has 2 saturated heterocycles. The van der Waals surface area contributed by atoms with Gasteiger partial charge in [-0.2, -0.15) is 0 Å². The zero-order valence-corrected chi connectivity index (χ0v) is 16.7. The standard InChI is InChI=1S/C19H27N3O4S/c1-3-27(25,26)21-10-8-17(9-11-21)22-13-12-20(18(23)19(22)24)14-16-6-4-15(2)5-7-16/h4-7,17H,3,8-14H2,1-2H3. The van der Waals surface area contributed by atoms with Crippen molar-refractivity contribution in [2.75, 3.05) is 31.9 Å². The van der Waals surface area contributed by atoms with Gasteiger partial charge in [-0.3, -0.25) is 9.59 Å². The molecule has 2 aliphatic rings. The number of carbonyl (C=O) groups is 2. The average molecular weight is 394 g/mol. The molecule has 148 valence electrons. The van der Waals surface area contributed by atoms with Crippen molar-refractivity contribution >= 4 is 21.8 Å². The van der Waals surface area contributed by atoms with Crippen LogP contribution in [-0.2, 0) is 26.2 Å². The number of hydrogen-bond acceptors (Lipinski definition) is 4. The maximum atomic E-state index is 12.6. The summed E-state index contributed by atoms with van der Waals surface area (Å²) >= 11 is 0. The van der Waals surface area contributed by atoms with Gasteiger partial charge in [0.25, 0.3) is 0 Å². The molecule has 2 heterocycles. The highest BCUT2D eigenvalue weighted by Crippen LogP contribution is 2.22. The first-order valence-corrected chi connectivity index (χ1v) is 11.1. The molecule has 8 heteroatoms. The van der Waals surface area contributed by atoms with Crippen LogP contribution in [0.1, 0.15) is 30.9 Å². The molecular formula is C19H27N3O4S. The molecule has 3 rings (SSSR count). The van der Waals surface area contributed by atoms with E-state index in [2.05, 4.69) is 0 Å². The molecule has 0 radical (unpaired) electrons. The monoisotopic (exact) mass is 393 g/mol. The fraction of sp³-hybridized carbons (Fsp3) is 0.579. The summed E-state index contributed by atoms with van der Waals surface area (Å²) in [6.45, 7) is 5.91. The van der Waals surface area contributed by atoms with Gasteiger partial charge < -0.3 is 9.80 Å². The number of piperidine rings is 1. The largest absolute Gasteiger partial charge is 0.330 e. The summed E-state index contributed by atoms with van der Waals surface area (Å²) in [7, 11) is -3.19. The van der Waals surface area contributed by atoms with Crippen molar-refractivity contribution in [1.29, 1.82) is 0 Å². The van der Waals surface area contributed by atoms with Crippen molar-refractivity contribution in [2.45, 2.75) is 39.3 Å². The second-order valence-corrected chi connectivity index (χ2v) is 9.50. The van der Waals surface area contributed by atoms with Crippen LogP contribution in [0.4, 0.5) is 0 Å². The molecule has 1 aromatic rings. The van der Waals surface area contributed by atoms with E-state index in [0.717, 1.165) is 11.1 Å². The van der Waals surface area contributed by atoms with Crippen LogP contribution in [0.3, 0.4) is 0 Å². The Hall–Kier alpha value is -1.93. The SMILES string of the molecule is CCS(=O)(=O)N1CCC(N2CCN(Cc3ccc(C)cc3)C(=O)C2=O)CC1. The van der Waals surface area contributed by atoms with E-state index in [1.165, 1.54) is 4.31 Å². The molecule has 0 saturated carbocycles. The van der Waals surface area contributed by atoms with Crippen molar-refractivity contribution in [3.8, 4) is 0 Å². The number of carbonyl (C=O) groups excluding carboxylic acids is 2. The molecule has 0 aromatic heterocycles. The van der Waals surface area contributed by atoms with Gasteiger partial charge in [-0.05, 0) is 32.3 Å². The summed E-state index contributed by atoms with van der Waals surface area (Å²) < 4.78 is 25.4. The fourth-order valence-corrected chi connectivity index (χ4v) is 4.85. The fourth-order valence-electron chi connectivity index (χ4n) is 3.72. The summed E-state index contributed by atoms with van der Waals surface area (Å²) in [5.41, 5.74) is 2.16. The first kappa shape index (κ1) is 19.8. The molecule has 0 bridgehead atoms. The lowest BCUT2D eigenvalue weighted by Gasteiger charge is -2.41. The molecule has 1 aromatic carbocycles. The summed E-state index contributed by atoms with van der Waals surface area (Å²) in [5.74, 6) is -0.845. The minimum Gasteiger partial charge on any atom is -0.330 e. The quantitative estimate of drug-likeness (QED) is 0.699. The predicted octanol–water partition coefficient (Wildman–Crippen LogP) is 0.980. The Morgan fingerprint density at radius 2 is 1.59 bits per heavy atom. The van der Waals surface area contributed by atoms with E-state index in [9.17, 15) is 18.0 Å². The summed E-state index contributed by atoms with van der Waals surface area (Å²) in [6.07, 6.45) is 1.16. The highest BCUT2D eigenvalue weighted by atomic mass is 32.2. The first-order chi connectivity index (χ1) is 12.8. The molecule has 0 N–H and O–H groups in total. The Bertz CT molecular complexity index is 799. The molecule has 2 fully saturated rings. The second-order valence-electron chi connectivity index (χ2n) is 7.24. The number of rotatable bonds is 5. The molecule has 2 aliphatic heterocycles. The van der Waals surface area contributed by atoms with Gasteiger partial charge in [-0.1, -0.05) is 29.8 Å². The molecular weight excluding hydrogens is 366 g/mol. The van der Waals surface area contributed by atoms with Gasteiger partial charge in [0.05, 0.1) is 5.75 Å². The Labute approximate surface area is 161 Å². The lowest BCUT2D eigenvalue weighted by Crippen LogP contribution is -2.59. The normalized spacial score (nSPS) is 20.4. The Kier molecular flexibility index (Phi) is 5.86. The van der Waals surface area contributed by atoms with Crippen molar-refractivity contribution < 1.29 is 18.0 Å². The van der Waals surface area contributed by atoms with E-state index >= 15 is 0 Å². The van der Waals surface area contributed by atoms with Crippen molar-refractivity contribution in [3.05, 3.63) is 35.4 Å². The van der Waals surface area contributed by atoms with Crippen LogP contribution in [0.15, 0.2) is 24.3 Å². The van der Waals surface area contributed by atoms with Crippen LogP contribution in [0.2, 0.25) is 0 Å². The number of piperazine rings is 1. The topological polar surface area (TPSA) is 78.0 Å². The molecule has 0 spiro atoms. The third-order valence-electron chi connectivity index (χ3n) is 5.46. The molecule has 27 heavy (non-hydrogen) atoms. The first-order valence-electron chi connectivity index (χ1n) is 9.45. The Morgan fingerprint density at radius 1 is 0.963 bits per heavy atom.